The third-order valence-electron chi connectivity index (χ3n) is 2.50. The van der Waals surface area contributed by atoms with E-state index in [1.54, 1.807) is 6.92 Å². The van der Waals surface area contributed by atoms with E-state index in [0.717, 1.165) is 0 Å². The summed E-state index contributed by atoms with van der Waals surface area (Å²) in [5.41, 5.74) is 0.979. The van der Waals surface area contributed by atoms with Gasteiger partial charge < -0.3 is 0 Å². The predicted molar refractivity (Wildman–Crippen MR) is 54.6 cm³/mol. The molecule has 1 rings (SSSR count). The Morgan fingerprint density at radius 2 is 1.36 bits per heavy atom. The van der Waals surface area contributed by atoms with Crippen LogP contribution in [0, 0.1) is 17.5 Å². The third-order valence-corrected chi connectivity index (χ3v) is 3.55. The predicted octanol–water partition coefficient (Wildman–Crippen LogP) is 1.22. The smallest absolute Gasteiger partial charge is 0.194 e. The Balaban J connectivity index is 3.57. The maximum Gasteiger partial charge on any atom is 0.194 e. The van der Waals surface area contributed by atoms with E-state index in [1.807, 2.05) is 6.92 Å². The van der Waals surface area contributed by atoms with Crippen molar-refractivity contribution in [3.63, 3.8) is 0 Å². The van der Waals surface area contributed by atoms with Crippen molar-refractivity contribution in [3.8, 4) is 0 Å². The van der Waals surface area contributed by atoms with Gasteiger partial charge in [-0.25, -0.2) is 13.2 Å². The van der Waals surface area contributed by atoms with Crippen molar-refractivity contribution in [3.05, 3.63) is 28.6 Å². The summed E-state index contributed by atoms with van der Waals surface area (Å²) in [5, 5.41) is 0.364. The van der Waals surface area contributed by atoms with Crippen molar-refractivity contribution in [1.29, 1.82) is 0 Å². The second-order valence-electron chi connectivity index (χ2n) is 3.23. The van der Waals surface area contributed by atoms with E-state index < -0.39 is 17.5 Å². The standard InChI is InChI=1S/C10H13F3Si/c1-3-5-6(4-2)10(14)9(13)8(12)7(5)11/h3-4H2,1-2,14H3. The highest BCUT2D eigenvalue weighted by atomic mass is 28.1. The SMILES string of the molecule is CCc1c(F)c(F)c(F)c([SiH3])c1CC. The Kier molecular flexibility index (Phi) is 3.37. The van der Waals surface area contributed by atoms with Crippen LogP contribution in [0.5, 0.6) is 0 Å². The summed E-state index contributed by atoms with van der Waals surface area (Å²) in [6, 6.07) is 0. The second-order valence-corrected chi connectivity index (χ2v) is 4.23. The molecule has 0 nitrogen and oxygen atoms in total. The van der Waals surface area contributed by atoms with Gasteiger partial charge in [0.1, 0.15) is 0 Å². The highest BCUT2D eigenvalue weighted by Gasteiger charge is 2.19. The van der Waals surface area contributed by atoms with Crippen LogP contribution in [0.15, 0.2) is 0 Å². The first kappa shape index (κ1) is 11.3. The molecule has 0 fully saturated rings. The average Bonchev–Trinajstić information content (AvgIpc) is 2.20. The summed E-state index contributed by atoms with van der Waals surface area (Å²) < 4.78 is 39.5. The minimum atomic E-state index is -1.32. The van der Waals surface area contributed by atoms with E-state index in [9.17, 15) is 13.2 Å². The van der Waals surface area contributed by atoms with Gasteiger partial charge in [-0.15, -0.1) is 0 Å². The topological polar surface area (TPSA) is 0 Å². The molecule has 78 valence electrons. The molecule has 0 aliphatic heterocycles. The lowest BCUT2D eigenvalue weighted by Crippen LogP contribution is -2.21. The molecule has 1 aromatic carbocycles. The Labute approximate surface area is 84.6 Å². The van der Waals surface area contributed by atoms with Gasteiger partial charge in [0.25, 0.3) is 0 Å². The van der Waals surface area contributed by atoms with Gasteiger partial charge in [-0.1, -0.05) is 13.8 Å². The molecule has 0 saturated carbocycles. The molecule has 0 amide bonds. The van der Waals surface area contributed by atoms with Crippen LogP contribution < -0.4 is 5.19 Å². The molecular formula is C10H13F3Si. The first-order valence-electron chi connectivity index (χ1n) is 4.69. The van der Waals surface area contributed by atoms with Gasteiger partial charge in [-0.2, -0.15) is 0 Å². The zero-order chi connectivity index (χ0) is 10.9. The third kappa shape index (κ3) is 1.58. The minimum absolute atomic E-state index is 0.330. The van der Waals surface area contributed by atoms with Crippen molar-refractivity contribution < 1.29 is 13.2 Å². The van der Waals surface area contributed by atoms with Crippen molar-refractivity contribution in [2.24, 2.45) is 0 Å². The Morgan fingerprint density at radius 1 is 0.857 bits per heavy atom. The molecule has 0 aromatic heterocycles. The lowest BCUT2D eigenvalue weighted by Gasteiger charge is -2.12. The molecule has 1 aromatic rings. The van der Waals surface area contributed by atoms with Crippen LogP contribution in [0.25, 0.3) is 0 Å². The number of rotatable bonds is 2. The number of benzene rings is 1. The summed E-state index contributed by atoms with van der Waals surface area (Å²) >= 11 is 0. The molecule has 0 N–H and O–H groups in total. The van der Waals surface area contributed by atoms with Crippen LogP contribution in [-0.4, -0.2) is 10.2 Å². The van der Waals surface area contributed by atoms with E-state index in [0.29, 0.717) is 39.4 Å². The molecule has 0 unspecified atom stereocenters. The molecule has 0 aliphatic carbocycles. The number of hydrogen-bond donors (Lipinski definition) is 0. The van der Waals surface area contributed by atoms with Gasteiger partial charge in [-0.3, -0.25) is 0 Å². The fraction of sp³-hybridized carbons (Fsp3) is 0.400. The molecule has 14 heavy (non-hydrogen) atoms. The Hall–Kier alpha value is -0.773. The second kappa shape index (κ2) is 4.17. The van der Waals surface area contributed by atoms with Crippen molar-refractivity contribution in [2.75, 3.05) is 0 Å². The zero-order valence-electron chi connectivity index (χ0n) is 8.55. The molecule has 0 aliphatic rings. The first-order valence-corrected chi connectivity index (χ1v) is 5.69. The highest BCUT2D eigenvalue weighted by Crippen LogP contribution is 2.18. The maximum absolute atomic E-state index is 13.3. The Morgan fingerprint density at radius 3 is 1.79 bits per heavy atom. The van der Waals surface area contributed by atoms with Crippen LogP contribution in [-0.2, 0) is 12.8 Å². The normalized spacial score (nSPS) is 10.9. The molecule has 0 bridgehead atoms. The average molecular weight is 218 g/mol. The van der Waals surface area contributed by atoms with Crippen molar-refractivity contribution in [1.82, 2.24) is 0 Å². The van der Waals surface area contributed by atoms with Gasteiger partial charge in [0.15, 0.2) is 17.5 Å². The van der Waals surface area contributed by atoms with E-state index in [-0.39, 0.29) is 0 Å². The minimum Gasteiger partial charge on any atom is -0.204 e. The van der Waals surface area contributed by atoms with Crippen molar-refractivity contribution in [2.45, 2.75) is 26.7 Å². The van der Waals surface area contributed by atoms with E-state index in [2.05, 4.69) is 0 Å². The number of halogens is 3. The lowest BCUT2D eigenvalue weighted by atomic mass is 10.0. The van der Waals surface area contributed by atoms with Crippen LogP contribution in [0.4, 0.5) is 13.2 Å². The van der Waals surface area contributed by atoms with Crippen LogP contribution in [0.3, 0.4) is 0 Å². The summed E-state index contributed by atoms with van der Waals surface area (Å²) in [6.07, 6.45) is 0.956. The maximum atomic E-state index is 13.3. The summed E-state index contributed by atoms with van der Waals surface area (Å²) in [4.78, 5) is 0. The van der Waals surface area contributed by atoms with Gasteiger partial charge in [0.2, 0.25) is 0 Å². The monoisotopic (exact) mass is 218 g/mol. The molecule has 0 spiro atoms. The van der Waals surface area contributed by atoms with E-state index >= 15 is 0 Å². The molecule has 0 radical (unpaired) electrons. The summed E-state index contributed by atoms with van der Waals surface area (Å²) in [6.45, 7) is 3.57. The van der Waals surface area contributed by atoms with Gasteiger partial charge in [0, 0.05) is 10.2 Å². The van der Waals surface area contributed by atoms with Crippen LogP contribution in [0.2, 0.25) is 0 Å². The van der Waals surface area contributed by atoms with Crippen molar-refractivity contribution >= 4 is 15.4 Å². The molecule has 0 saturated heterocycles. The molecule has 0 heterocycles. The highest BCUT2D eigenvalue weighted by molar-refractivity contribution is 6.33. The van der Waals surface area contributed by atoms with Gasteiger partial charge in [0.05, 0.1) is 0 Å². The van der Waals surface area contributed by atoms with Crippen LogP contribution in [0.1, 0.15) is 25.0 Å². The summed E-state index contributed by atoms with van der Waals surface area (Å²) in [7, 11) is 0.405. The quantitative estimate of drug-likeness (QED) is 0.517. The fourth-order valence-corrected chi connectivity index (χ4v) is 2.61. The largest absolute Gasteiger partial charge is 0.204 e. The fourth-order valence-electron chi connectivity index (χ4n) is 1.73. The van der Waals surface area contributed by atoms with E-state index in [1.165, 1.54) is 0 Å². The lowest BCUT2D eigenvalue weighted by molar-refractivity contribution is 0.443. The van der Waals surface area contributed by atoms with Gasteiger partial charge >= 0.3 is 0 Å². The molecule has 4 heteroatoms. The summed E-state index contributed by atoms with van der Waals surface area (Å²) in [5.74, 6) is -3.33. The molecular weight excluding hydrogens is 205 g/mol. The van der Waals surface area contributed by atoms with Gasteiger partial charge in [-0.05, 0) is 29.2 Å². The first-order chi connectivity index (χ1) is 6.54. The molecule has 0 atom stereocenters. The zero-order valence-corrected chi connectivity index (χ0v) is 10.5. The van der Waals surface area contributed by atoms with Crippen LogP contribution >= 0.6 is 0 Å². The number of hydrogen-bond acceptors (Lipinski definition) is 0. The van der Waals surface area contributed by atoms with E-state index in [4.69, 9.17) is 0 Å². The Bertz CT molecular complexity index is 326.